The van der Waals surface area contributed by atoms with Gasteiger partial charge in [0.05, 0.1) is 26.4 Å². The Hall–Kier alpha value is -3.76. The van der Waals surface area contributed by atoms with Crippen molar-refractivity contribution in [2.75, 3.05) is 39.6 Å². The highest BCUT2D eigenvalue weighted by atomic mass is 31.2. The number of ether oxygens (including phenoxy) is 4. The quantitative estimate of drug-likeness (QED) is 0.0169. The first kappa shape index (κ1) is 100. The monoisotopic (exact) mass is 1510 g/mol. The third-order valence-corrected chi connectivity index (χ3v) is 19.7. The topological polar surface area (TPSA) is 237 Å². The lowest BCUT2D eigenvalue weighted by Crippen LogP contribution is -2.30. The van der Waals surface area contributed by atoms with Gasteiger partial charge in [-0.2, -0.15) is 0 Å². The first-order valence-electron chi connectivity index (χ1n) is 41.8. The smallest absolute Gasteiger partial charge is 0.462 e. The van der Waals surface area contributed by atoms with Gasteiger partial charge in [-0.05, 0) is 122 Å². The van der Waals surface area contributed by atoms with Crippen molar-refractivity contribution in [3.05, 3.63) is 85.1 Å². The lowest BCUT2D eigenvalue weighted by molar-refractivity contribution is -0.161. The van der Waals surface area contributed by atoms with Gasteiger partial charge in [0.15, 0.2) is 12.2 Å². The molecule has 0 aromatic rings. The molecular formula is C85H152O17P2. The van der Waals surface area contributed by atoms with Crippen LogP contribution in [0, 0.1) is 0 Å². The molecule has 0 heterocycles. The van der Waals surface area contributed by atoms with E-state index >= 15 is 0 Å². The van der Waals surface area contributed by atoms with E-state index in [-0.39, 0.29) is 25.7 Å². The zero-order valence-corrected chi connectivity index (χ0v) is 68.0. The van der Waals surface area contributed by atoms with Crippen molar-refractivity contribution in [1.29, 1.82) is 0 Å². The lowest BCUT2D eigenvalue weighted by Gasteiger charge is -2.21. The van der Waals surface area contributed by atoms with E-state index < -0.39 is 97.5 Å². The molecule has 0 spiro atoms. The number of esters is 4. The summed E-state index contributed by atoms with van der Waals surface area (Å²) in [6.45, 7) is 4.80. The van der Waals surface area contributed by atoms with Crippen LogP contribution in [0.25, 0.3) is 0 Å². The molecular weight excluding hydrogens is 1350 g/mol. The van der Waals surface area contributed by atoms with Gasteiger partial charge in [0.25, 0.3) is 0 Å². The molecule has 0 aliphatic rings. The van der Waals surface area contributed by atoms with Gasteiger partial charge in [-0.15, -0.1) is 0 Å². The minimum atomic E-state index is -4.99. The lowest BCUT2D eigenvalue weighted by atomic mass is 10.0. The van der Waals surface area contributed by atoms with E-state index in [1.165, 1.54) is 161 Å². The Morgan fingerprint density at radius 1 is 0.269 bits per heavy atom. The Labute approximate surface area is 634 Å². The van der Waals surface area contributed by atoms with Crippen LogP contribution >= 0.6 is 15.6 Å². The summed E-state index contributed by atoms with van der Waals surface area (Å²) in [6, 6.07) is 0. The van der Waals surface area contributed by atoms with Crippen molar-refractivity contribution in [3.8, 4) is 0 Å². The molecule has 2 unspecified atom stereocenters. The maximum absolute atomic E-state index is 13.1. The second kappa shape index (κ2) is 77.4. The van der Waals surface area contributed by atoms with Crippen molar-refractivity contribution >= 4 is 39.5 Å². The van der Waals surface area contributed by atoms with Gasteiger partial charge in [-0.3, -0.25) is 37.3 Å². The summed E-state index contributed by atoms with van der Waals surface area (Å²) in [6.07, 6.45) is 81.3. The van der Waals surface area contributed by atoms with E-state index in [0.29, 0.717) is 32.1 Å². The van der Waals surface area contributed by atoms with E-state index in [0.717, 1.165) is 128 Å². The number of allylic oxidation sites excluding steroid dienone is 14. The molecule has 0 fully saturated rings. The van der Waals surface area contributed by atoms with Crippen LogP contribution in [0.15, 0.2) is 85.1 Å². The van der Waals surface area contributed by atoms with Crippen molar-refractivity contribution in [3.63, 3.8) is 0 Å². The first-order valence-corrected chi connectivity index (χ1v) is 44.8. The molecule has 17 nitrogen and oxygen atoms in total. The van der Waals surface area contributed by atoms with Gasteiger partial charge in [-0.25, -0.2) is 9.13 Å². The number of hydrogen-bond donors (Lipinski definition) is 3. The second-order valence-corrected chi connectivity index (χ2v) is 31.0. The summed E-state index contributed by atoms with van der Waals surface area (Å²) < 4.78 is 68.7. The van der Waals surface area contributed by atoms with Gasteiger partial charge in [0, 0.05) is 25.7 Å². The maximum Gasteiger partial charge on any atom is 0.472 e. The third-order valence-electron chi connectivity index (χ3n) is 17.8. The molecule has 604 valence electrons. The number of carbonyl (C=O) groups excluding carboxylic acids is 4. The van der Waals surface area contributed by atoms with Gasteiger partial charge in [-0.1, -0.05) is 312 Å². The number of rotatable bonds is 79. The Bertz CT molecular complexity index is 2300. The largest absolute Gasteiger partial charge is 0.472 e. The SMILES string of the molecule is CCCCC/C=C\C/C=C\C/C=C\C/C=C\CCCC(=O)O[C@H](COC(=O)CCCCCCCCCCCCCCCCCCC)COP(=O)(O)OC[C@@H](O)COP(=O)(O)OC[C@@H](COC(=O)CCCCCCC/C=C\CCCCCCCC)OC(=O)CCCCCCC/C=C\C/C=C\CCCCC. The Morgan fingerprint density at radius 2 is 0.481 bits per heavy atom. The van der Waals surface area contributed by atoms with E-state index in [1.54, 1.807) is 0 Å². The highest BCUT2D eigenvalue weighted by Crippen LogP contribution is 2.45. The number of phosphoric ester groups is 2. The predicted molar refractivity (Wildman–Crippen MR) is 427 cm³/mol. The molecule has 0 amide bonds. The van der Waals surface area contributed by atoms with Crippen LogP contribution < -0.4 is 0 Å². The van der Waals surface area contributed by atoms with E-state index in [4.69, 9.17) is 37.0 Å². The zero-order chi connectivity index (χ0) is 76.0. The van der Waals surface area contributed by atoms with Gasteiger partial charge >= 0.3 is 39.5 Å². The van der Waals surface area contributed by atoms with Crippen molar-refractivity contribution in [2.24, 2.45) is 0 Å². The van der Waals surface area contributed by atoms with Crippen LogP contribution in [0.1, 0.15) is 374 Å². The standard InChI is InChI=1S/C85H152O17P2/c1-5-9-13-17-21-25-29-33-37-39-43-46-50-54-58-62-66-70-83(88)96-76-81(102-85(90)72-68-64-60-56-52-48-44-40-38-34-30-26-22-18-14-10-6-2)78-100-104(93,94)98-74-79(86)73-97-103(91,92)99-77-80(101-84(89)71-67-63-59-55-51-47-42-36-32-28-24-20-16-12-8-4)75-95-82(87)69-65-61-57-53-49-45-41-35-31-27-23-19-15-11-7-3/h22,24,26,28,34-36,38,41-42,44,48,56,60,79-81,86H,5-21,23,25,27,29-33,37,39-40,43,45-47,49-55,57-59,61-78H2,1-4H3,(H,91,92)(H,93,94)/b26-22-,28-24-,38-34-,41-35-,42-36-,48-44-,60-56-/t79-,80+,81+/m0/s1. The molecule has 19 heteroatoms. The van der Waals surface area contributed by atoms with Crippen LogP contribution in [0.4, 0.5) is 0 Å². The number of phosphoric acid groups is 2. The molecule has 0 aromatic heterocycles. The molecule has 0 aromatic carbocycles. The molecule has 0 bridgehead atoms. The summed E-state index contributed by atoms with van der Waals surface area (Å²) in [5, 5.41) is 10.7. The molecule has 3 N–H and O–H groups in total. The van der Waals surface area contributed by atoms with Crippen molar-refractivity contribution in [2.45, 2.75) is 393 Å². The molecule has 0 saturated carbocycles. The fraction of sp³-hybridized carbons (Fsp3) is 0.788. The molecule has 5 atom stereocenters. The highest BCUT2D eigenvalue weighted by molar-refractivity contribution is 7.47. The minimum absolute atomic E-state index is 0.0220. The summed E-state index contributed by atoms with van der Waals surface area (Å²) in [5.74, 6) is -2.24. The molecule has 0 saturated heterocycles. The van der Waals surface area contributed by atoms with Crippen LogP contribution in [-0.2, 0) is 65.4 Å². The number of unbranched alkanes of at least 4 members (excludes halogenated alkanes) is 39. The Morgan fingerprint density at radius 3 is 0.788 bits per heavy atom. The number of aliphatic hydroxyl groups is 1. The highest BCUT2D eigenvalue weighted by Gasteiger charge is 2.30. The van der Waals surface area contributed by atoms with Crippen molar-refractivity contribution in [1.82, 2.24) is 0 Å². The zero-order valence-electron chi connectivity index (χ0n) is 66.2. The normalized spacial score (nSPS) is 14.3. The molecule has 0 aliphatic heterocycles. The van der Waals surface area contributed by atoms with Crippen molar-refractivity contribution < 1.29 is 80.2 Å². The van der Waals surface area contributed by atoms with E-state index in [2.05, 4.69) is 101 Å². The number of hydrogen-bond acceptors (Lipinski definition) is 15. The average molecular weight is 1510 g/mol. The first-order chi connectivity index (χ1) is 50.7. The van der Waals surface area contributed by atoms with Gasteiger partial charge < -0.3 is 33.8 Å². The Balaban J connectivity index is 5.40. The molecule has 0 aliphatic carbocycles. The van der Waals surface area contributed by atoms with Crippen LogP contribution in [0.3, 0.4) is 0 Å². The van der Waals surface area contributed by atoms with Gasteiger partial charge in [0.2, 0.25) is 0 Å². The predicted octanol–water partition coefficient (Wildman–Crippen LogP) is 24.6. The van der Waals surface area contributed by atoms with E-state index in [9.17, 15) is 43.2 Å². The number of carbonyl (C=O) groups is 4. The van der Waals surface area contributed by atoms with Crippen LogP contribution in [0.2, 0.25) is 0 Å². The molecule has 0 radical (unpaired) electrons. The molecule has 0 rings (SSSR count). The van der Waals surface area contributed by atoms with Gasteiger partial charge in [0.1, 0.15) is 19.3 Å². The van der Waals surface area contributed by atoms with E-state index in [1.807, 2.05) is 12.2 Å². The summed E-state index contributed by atoms with van der Waals surface area (Å²) >= 11 is 0. The number of aliphatic hydroxyl groups excluding tert-OH is 1. The minimum Gasteiger partial charge on any atom is -0.462 e. The maximum atomic E-state index is 13.1. The van der Waals surface area contributed by atoms with Crippen LogP contribution in [0.5, 0.6) is 0 Å². The second-order valence-electron chi connectivity index (χ2n) is 28.1. The Kier molecular flexibility index (Phi) is 74.6. The fourth-order valence-corrected chi connectivity index (χ4v) is 13.0. The summed E-state index contributed by atoms with van der Waals surface area (Å²) in [7, 11) is -9.98. The third kappa shape index (κ3) is 76.4. The summed E-state index contributed by atoms with van der Waals surface area (Å²) in [5.41, 5.74) is 0. The van der Waals surface area contributed by atoms with Crippen LogP contribution in [-0.4, -0.2) is 96.7 Å². The fourth-order valence-electron chi connectivity index (χ4n) is 11.4. The summed E-state index contributed by atoms with van der Waals surface area (Å²) in [4.78, 5) is 73.1. The average Bonchev–Trinajstić information content (AvgIpc) is 1.04. The molecule has 104 heavy (non-hydrogen) atoms.